The highest BCUT2D eigenvalue weighted by Gasteiger charge is 2.43. The quantitative estimate of drug-likeness (QED) is 0.145. The van der Waals surface area contributed by atoms with Crippen LogP contribution in [0.15, 0.2) is 109 Å². The van der Waals surface area contributed by atoms with E-state index in [2.05, 4.69) is 95.1 Å². The SMILES string of the molecule is COc1ccc(CCC(=O)NCCCC(CCCN2CCCC23CCc2ccccc2C3)(c2ccccc2)c2ccccc2)cc1. The Balaban J connectivity index is 1.12. The van der Waals surface area contributed by atoms with Gasteiger partial charge in [0.05, 0.1) is 7.11 Å². The predicted molar refractivity (Wildman–Crippen MR) is 188 cm³/mol. The van der Waals surface area contributed by atoms with Gasteiger partial charge in [0.25, 0.3) is 0 Å². The molecule has 0 bridgehead atoms. The van der Waals surface area contributed by atoms with Gasteiger partial charge in [-0.1, -0.05) is 97.1 Å². The summed E-state index contributed by atoms with van der Waals surface area (Å²) in [6, 6.07) is 39.3. The van der Waals surface area contributed by atoms with Crippen LogP contribution < -0.4 is 10.1 Å². The van der Waals surface area contributed by atoms with Crippen LogP contribution in [0.1, 0.15) is 79.2 Å². The topological polar surface area (TPSA) is 41.6 Å². The van der Waals surface area contributed by atoms with Gasteiger partial charge in [-0.3, -0.25) is 9.69 Å². The second-order valence-electron chi connectivity index (χ2n) is 13.5. The normalized spacial score (nSPS) is 17.9. The van der Waals surface area contributed by atoms with Crippen LogP contribution in [0.5, 0.6) is 5.75 Å². The summed E-state index contributed by atoms with van der Waals surface area (Å²) in [5.41, 5.74) is 7.27. The molecule has 240 valence electrons. The molecular weight excluding hydrogens is 564 g/mol. The zero-order valence-corrected chi connectivity index (χ0v) is 27.6. The number of methoxy groups -OCH3 is 1. The molecule has 0 saturated carbocycles. The van der Waals surface area contributed by atoms with Gasteiger partial charge in [-0.25, -0.2) is 0 Å². The van der Waals surface area contributed by atoms with E-state index in [0.29, 0.717) is 18.5 Å². The number of ether oxygens (including phenoxy) is 1. The molecule has 1 saturated heterocycles. The molecule has 1 N–H and O–H groups in total. The van der Waals surface area contributed by atoms with Crippen molar-refractivity contribution in [2.45, 2.75) is 81.6 Å². The summed E-state index contributed by atoms with van der Waals surface area (Å²) in [5, 5.41) is 3.23. The van der Waals surface area contributed by atoms with Crippen molar-refractivity contribution in [2.24, 2.45) is 0 Å². The molecule has 1 unspecified atom stereocenters. The minimum Gasteiger partial charge on any atom is -0.497 e. The number of carbonyl (C=O) groups excluding carboxylic acids is 1. The largest absolute Gasteiger partial charge is 0.497 e. The molecule has 4 aromatic carbocycles. The Morgan fingerprint density at radius 2 is 1.46 bits per heavy atom. The standard InChI is InChI=1S/C42H50N2O2/c1-46-39-22-19-34(20-23-39)21-24-40(45)43-30-10-27-42(37-15-4-2-5-16-37,38-17-6-3-7-18-38)28-12-32-44-31-11-26-41(44)29-25-35-13-8-9-14-36(35)33-41/h2-9,13-20,22-23H,10-12,21,24-33H2,1H3,(H,43,45). The Bertz CT molecular complexity index is 1500. The molecule has 0 radical (unpaired) electrons. The van der Waals surface area contributed by atoms with Crippen molar-refractivity contribution in [3.8, 4) is 5.75 Å². The molecule has 4 heteroatoms. The van der Waals surface area contributed by atoms with E-state index in [1.807, 2.05) is 24.3 Å². The third kappa shape index (κ3) is 7.39. The van der Waals surface area contributed by atoms with Crippen LogP contribution in [0, 0.1) is 0 Å². The molecule has 4 nitrogen and oxygen atoms in total. The summed E-state index contributed by atoms with van der Waals surface area (Å²) in [5.74, 6) is 0.961. The van der Waals surface area contributed by atoms with Crippen molar-refractivity contribution < 1.29 is 9.53 Å². The fourth-order valence-corrected chi connectivity index (χ4v) is 8.32. The first kappa shape index (κ1) is 32.1. The van der Waals surface area contributed by atoms with Crippen LogP contribution in [0.25, 0.3) is 0 Å². The highest BCUT2D eigenvalue weighted by Crippen LogP contribution is 2.44. The average Bonchev–Trinajstić information content (AvgIpc) is 3.49. The molecule has 2 aliphatic rings. The molecule has 1 heterocycles. The third-order valence-corrected chi connectivity index (χ3v) is 10.8. The lowest BCUT2D eigenvalue weighted by molar-refractivity contribution is -0.121. The van der Waals surface area contributed by atoms with Crippen molar-refractivity contribution in [2.75, 3.05) is 26.7 Å². The number of carbonyl (C=O) groups is 1. The minimum absolute atomic E-state index is 0.0948. The van der Waals surface area contributed by atoms with Gasteiger partial charge in [0.15, 0.2) is 0 Å². The van der Waals surface area contributed by atoms with E-state index < -0.39 is 0 Å². The summed E-state index contributed by atoms with van der Waals surface area (Å²) >= 11 is 0. The summed E-state index contributed by atoms with van der Waals surface area (Å²) < 4.78 is 5.26. The molecule has 1 aliphatic heterocycles. The number of benzene rings is 4. The maximum absolute atomic E-state index is 12.8. The van der Waals surface area contributed by atoms with Gasteiger partial charge in [-0.2, -0.15) is 0 Å². The smallest absolute Gasteiger partial charge is 0.220 e. The number of fused-ring (bicyclic) bond motifs is 1. The van der Waals surface area contributed by atoms with Gasteiger partial charge in [-0.15, -0.1) is 0 Å². The van der Waals surface area contributed by atoms with Gasteiger partial charge >= 0.3 is 0 Å². The Morgan fingerprint density at radius 3 is 2.15 bits per heavy atom. The van der Waals surface area contributed by atoms with Crippen molar-refractivity contribution in [3.05, 3.63) is 137 Å². The molecule has 1 amide bonds. The van der Waals surface area contributed by atoms with Crippen LogP contribution in [-0.2, 0) is 29.5 Å². The lowest BCUT2D eigenvalue weighted by atomic mass is 9.68. The first-order valence-corrected chi connectivity index (χ1v) is 17.4. The number of nitrogens with zero attached hydrogens (tertiary/aromatic N) is 1. The van der Waals surface area contributed by atoms with E-state index in [-0.39, 0.29) is 11.3 Å². The summed E-state index contributed by atoms with van der Waals surface area (Å²) in [4.78, 5) is 15.7. The summed E-state index contributed by atoms with van der Waals surface area (Å²) in [7, 11) is 1.67. The minimum atomic E-state index is -0.0948. The summed E-state index contributed by atoms with van der Waals surface area (Å²) in [6.45, 7) is 3.05. The van der Waals surface area contributed by atoms with Crippen LogP contribution in [0.2, 0.25) is 0 Å². The highest BCUT2D eigenvalue weighted by molar-refractivity contribution is 5.76. The number of nitrogens with one attached hydrogen (secondary N) is 1. The van der Waals surface area contributed by atoms with E-state index in [4.69, 9.17) is 4.74 Å². The molecule has 0 aromatic heterocycles. The molecular formula is C42H50N2O2. The van der Waals surface area contributed by atoms with Crippen molar-refractivity contribution >= 4 is 5.91 Å². The van der Waals surface area contributed by atoms with Crippen molar-refractivity contribution in [1.29, 1.82) is 0 Å². The zero-order chi connectivity index (χ0) is 31.7. The van der Waals surface area contributed by atoms with Crippen molar-refractivity contribution in [3.63, 3.8) is 0 Å². The number of aryl methyl sites for hydroxylation is 2. The molecule has 6 rings (SSSR count). The second kappa shape index (κ2) is 15.1. The van der Waals surface area contributed by atoms with Gasteiger partial charge in [0.2, 0.25) is 5.91 Å². The molecule has 1 aliphatic carbocycles. The van der Waals surface area contributed by atoms with Crippen LogP contribution in [0.3, 0.4) is 0 Å². The van der Waals surface area contributed by atoms with Crippen LogP contribution >= 0.6 is 0 Å². The van der Waals surface area contributed by atoms with Crippen molar-refractivity contribution in [1.82, 2.24) is 10.2 Å². The average molecular weight is 615 g/mol. The first-order valence-electron chi connectivity index (χ1n) is 17.4. The van der Waals surface area contributed by atoms with Crippen LogP contribution in [-0.4, -0.2) is 43.1 Å². The Hall–Kier alpha value is -3.89. The van der Waals surface area contributed by atoms with E-state index in [1.165, 1.54) is 49.8 Å². The Morgan fingerprint density at radius 1 is 0.804 bits per heavy atom. The number of rotatable bonds is 14. The van der Waals surface area contributed by atoms with Gasteiger partial charge in [0, 0.05) is 23.9 Å². The number of likely N-dealkylation sites (tertiary alicyclic amines) is 1. The lowest BCUT2D eigenvalue weighted by Crippen LogP contribution is -2.48. The van der Waals surface area contributed by atoms with E-state index in [9.17, 15) is 4.79 Å². The molecule has 1 fully saturated rings. The number of amides is 1. The number of hydrogen-bond donors (Lipinski definition) is 1. The fraction of sp³-hybridized carbons (Fsp3) is 0.405. The fourth-order valence-electron chi connectivity index (χ4n) is 8.32. The molecule has 1 spiro atoms. The zero-order valence-electron chi connectivity index (χ0n) is 27.6. The monoisotopic (exact) mass is 614 g/mol. The highest BCUT2D eigenvalue weighted by atomic mass is 16.5. The van der Waals surface area contributed by atoms with E-state index in [1.54, 1.807) is 18.2 Å². The summed E-state index contributed by atoms with van der Waals surface area (Å²) in [6.07, 6.45) is 11.7. The van der Waals surface area contributed by atoms with Gasteiger partial charge in [0.1, 0.15) is 5.75 Å². The first-order chi connectivity index (χ1) is 22.6. The lowest BCUT2D eigenvalue weighted by Gasteiger charge is -2.43. The van der Waals surface area contributed by atoms with E-state index in [0.717, 1.165) is 50.0 Å². The van der Waals surface area contributed by atoms with Crippen LogP contribution in [0.4, 0.5) is 0 Å². The Kier molecular flexibility index (Phi) is 10.5. The van der Waals surface area contributed by atoms with E-state index >= 15 is 0 Å². The number of hydrogen-bond acceptors (Lipinski definition) is 3. The molecule has 1 atom stereocenters. The Labute approximate surface area is 276 Å². The second-order valence-corrected chi connectivity index (χ2v) is 13.5. The van der Waals surface area contributed by atoms with Gasteiger partial charge < -0.3 is 10.1 Å². The maximum atomic E-state index is 12.8. The molecule has 4 aromatic rings. The molecule has 46 heavy (non-hydrogen) atoms. The van der Waals surface area contributed by atoms with Gasteiger partial charge in [-0.05, 0) is 117 Å². The third-order valence-electron chi connectivity index (χ3n) is 10.8. The predicted octanol–water partition coefficient (Wildman–Crippen LogP) is 8.31. The maximum Gasteiger partial charge on any atom is 0.220 e.